The first-order valence-electron chi connectivity index (χ1n) is 7.99. The summed E-state index contributed by atoms with van der Waals surface area (Å²) in [5.74, 6) is 0.0972. The average Bonchev–Trinajstić information content (AvgIpc) is 3.17. The molecule has 1 aliphatic carbocycles. The highest BCUT2D eigenvalue weighted by molar-refractivity contribution is 5.93. The Morgan fingerprint density at radius 3 is 2.96 bits per heavy atom. The Kier molecular flexibility index (Phi) is 4.42. The summed E-state index contributed by atoms with van der Waals surface area (Å²) in [6, 6.07) is 2.18. The van der Waals surface area contributed by atoms with E-state index in [9.17, 15) is 4.79 Å². The van der Waals surface area contributed by atoms with Crippen molar-refractivity contribution >= 4 is 16.9 Å². The van der Waals surface area contributed by atoms with Gasteiger partial charge in [0, 0.05) is 17.8 Å². The van der Waals surface area contributed by atoms with E-state index in [4.69, 9.17) is 12.3 Å². The highest BCUT2D eigenvalue weighted by Crippen LogP contribution is 2.29. The fourth-order valence-electron chi connectivity index (χ4n) is 3.34. The monoisotopic (exact) mass is 308 g/mol. The van der Waals surface area contributed by atoms with E-state index in [1.54, 1.807) is 6.08 Å². The highest BCUT2D eigenvalue weighted by atomic mass is 16.1. The van der Waals surface area contributed by atoms with Crippen LogP contribution in [0.15, 0.2) is 30.2 Å². The molecule has 0 atom stereocenters. The molecule has 2 aromatic heterocycles. The van der Waals surface area contributed by atoms with Crippen LogP contribution < -0.4 is 5.73 Å². The van der Waals surface area contributed by atoms with Gasteiger partial charge in [-0.15, -0.1) is 0 Å². The van der Waals surface area contributed by atoms with Crippen LogP contribution in [0.25, 0.3) is 15.9 Å². The first-order chi connectivity index (χ1) is 11.2. The molecule has 1 aliphatic rings. The maximum atomic E-state index is 11.1. The molecule has 0 saturated heterocycles. The van der Waals surface area contributed by atoms with Crippen molar-refractivity contribution < 1.29 is 4.79 Å². The van der Waals surface area contributed by atoms with E-state index in [0.29, 0.717) is 6.42 Å². The summed E-state index contributed by atoms with van der Waals surface area (Å²) in [5, 5.41) is 1.06. The molecule has 1 saturated carbocycles. The van der Waals surface area contributed by atoms with E-state index >= 15 is 0 Å². The van der Waals surface area contributed by atoms with Crippen LogP contribution in [0.2, 0.25) is 0 Å². The van der Waals surface area contributed by atoms with E-state index in [0.717, 1.165) is 28.9 Å². The minimum absolute atomic E-state index is 0.0191. The van der Waals surface area contributed by atoms with Crippen molar-refractivity contribution in [1.82, 2.24) is 9.97 Å². The molecule has 118 valence electrons. The Morgan fingerprint density at radius 1 is 1.48 bits per heavy atom. The molecule has 1 fully saturated rings. The molecular formula is C18H20N4O. The SMILES string of the molecule is [C-]#[N+]/C(=C\Cc1c[nH]c2ncc(CC3CCCC3)cc12)C(N)=O. The lowest BCUT2D eigenvalue weighted by Crippen LogP contribution is -2.11. The second kappa shape index (κ2) is 6.66. The molecule has 2 aromatic rings. The highest BCUT2D eigenvalue weighted by Gasteiger charge is 2.16. The first-order valence-corrected chi connectivity index (χ1v) is 7.99. The molecule has 2 heterocycles. The van der Waals surface area contributed by atoms with Crippen LogP contribution in [-0.2, 0) is 17.6 Å². The van der Waals surface area contributed by atoms with Gasteiger partial charge in [0.1, 0.15) is 5.65 Å². The van der Waals surface area contributed by atoms with Crippen LogP contribution in [0.5, 0.6) is 0 Å². The topological polar surface area (TPSA) is 76.1 Å². The number of H-pyrrole nitrogens is 1. The van der Waals surface area contributed by atoms with Crippen LogP contribution in [0.1, 0.15) is 36.8 Å². The van der Waals surface area contributed by atoms with E-state index in [1.165, 1.54) is 31.2 Å². The summed E-state index contributed by atoms with van der Waals surface area (Å²) in [4.78, 5) is 21.9. The molecule has 0 aromatic carbocycles. The van der Waals surface area contributed by atoms with E-state index in [1.807, 2.05) is 12.4 Å². The molecule has 0 bridgehead atoms. The molecule has 0 radical (unpaired) electrons. The Bertz CT molecular complexity index is 791. The molecule has 0 spiro atoms. The van der Waals surface area contributed by atoms with Gasteiger partial charge in [-0.25, -0.2) is 9.83 Å². The number of amides is 1. The quantitative estimate of drug-likeness (QED) is 0.657. The summed E-state index contributed by atoms with van der Waals surface area (Å²) >= 11 is 0. The lowest BCUT2D eigenvalue weighted by Gasteiger charge is -2.08. The molecule has 3 rings (SSSR count). The number of rotatable bonds is 5. The Labute approximate surface area is 135 Å². The zero-order valence-corrected chi connectivity index (χ0v) is 13.0. The second-order valence-corrected chi connectivity index (χ2v) is 6.18. The number of aromatic nitrogens is 2. The van der Waals surface area contributed by atoms with Gasteiger partial charge in [-0.3, -0.25) is 4.79 Å². The van der Waals surface area contributed by atoms with Gasteiger partial charge in [0.2, 0.25) is 11.6 Å². The van der Waals surface area contributed by atoms with Crippen LogP contribution in [-0.4, -0.2) is 15.9 Å². The Balaban J connectivity index is 1.83. The van der Waals surface area contributed by atoms with Crippen LogP contribution in [0.3, 0.4) is 0 Å². The lowest BCUT2D eigenvalue weighted by atomic mass is 9.98. The average molecular weight is 308 g/mol. The third-order valence-electron chi connectivity index (χ3n) is 4.56. The zero-order valence-electron chi connectivity index (χ0n) is 13.0. The molecular weight excluding hydrogens is 288 g/mol. The summed E-state index contributed by atoms with van der Waals surface area (Å²) in [6.45, 7) is 6.98. The van der Waals surface area contributed by atoms with Gasteiger partial charge in [0.15, 0.2) is 0 Å². The van der Waals surface area contributed by atoms with Gasteiger partial charge >= 0.3 is 0 Å². The number of hydrogen-bond acceptors (Lipinski definition) is 2. The van der Waals surface area contributed by atoms with Crippen molar-refractivity contribution in [3.8, 4) is 0 Å². The number of primary amides is 1. The predicted octanol–water partition coefficient (Wildman–Crippen LogP) is 3.13. The maximum absolute atomic E-state index is 11.1. The van der Waals surface area contributed by atoms with Crippen LogP contribution in [0, 0.1) is 12.5 Å². The number of pyridine rings is 1. The first kappa shape index (κ1) is 15.3. The van der Waals surface area contributed by atoms with Gasteiger partial charge in [0.05, 0.1) is 6.57 Å². The van der Waals surface area contributed by atoms with E-state index in [2.05, 4.69) is 20.9 Å². The summed E-state index contributed by atoms with van der Waals surface area (Å²) in [7, 11) is 0. The molecule has 23 heavy (non-hydrogen) atoms. The minimum Gasteiger partial charge on any atom is -0.375 e. The van der Waals surface area contributed by atoms with Crippen molar-refractivity contribution in [2.24, 2.45) is 11.7 Å². The van der Waals surface area contributed by atoms with Gasteiger partial charge < -0.3 is 10.7 Å². The number of nitrogens with one attached hydrogen (secondary N) is 1. The van der Waals surface area contributed by atoms with E-state index in [-0.39, 0.29) is 5.70 Å². The largest absolute Gasteiger partial charge is 0.375 e. The number of fused-ring (bicyclic) bond motifs is 1. The third-order valence-corrected chi connectivity index (χ3v) is 4.56. The zero-order chi connectivity index (χ0) is 16.2. The fourth-order valence-corrected chi connectivity index (χ4v) is 3.34. The Morgan fingerprint density at radius 2 is 2.26 bits per heavy atom. The molecule has 1 amide bonds. The summed E-state index contributed by atoms with van der Waals surface area (Å²) in [6.07, 6.45) is 12.3. The van der Waals surface area contributed by atoms with Crippen molar-refractivity contribution in [3.05, 3.63) is 52.8 Å². The van der Waals surface area contributed by atoms with Crippen molar-refractivity contribution in [2.45, 2.75) is 38.5 Å². The molecule has 5 heteroatoms. The number of allylic oxidation sites excluding steroid dienone is 1. The number of aromatic amines is 1. The lowest BCUT2D eigenvalue weighted by molar-refractivity contribution is -0.114. The molecule has 3 N–H and O–H groups in total. The van der Waals surface area contributed by atoms with Gasteiger partial charge in [-0.05, 0) is 36.0 Å². The third kappa shape index (κ3) is 3.42. The fraction of sp³-hybridized carbons (Fsp3) is 0.389. The molecule has 0 unspecified atom stereocenters. The summed E-state index contributed by atoms with van der Waals surface area (Å²) in [5.41, 5.74) is 8.28. The van der Waals surface area contributed by atoms with Gasteiger partial charge in [0.25, 0.3) is 0 Å². The number of hydrogen-bond donors (Lipinski definition) is 2. The minimum atomic E-state index is -0.681. The second-order valence-electron chi connectivity index (χ2n) is 6.18. The Hall–Kier alpha value is -2.61. The predicted molar refractivity (Wildman–Crippen MR) is 89.3 cm³/mol. The number of nitrogens with zero attached hydrogens (tertiary/aromatic N) is 2. The summed E-state index contributed by atoms with van der Waals surface area (Å²) < 4.78 is 0. The van der Waals surface area contributed by atoms with Crippen LogP contribution in [0.4, 0.5) is 0 Å². The molecule has 0 aliphatic heterocycles. The van der Waals surface area contributed by atoms with E-state index < -0.39 is 5.91 Å². The molecule has 5 nitrogen and oxygen atoms in total. The normalized spacial score (nSPS) is 15.9. The van der Waals surface area contributed by atoms with Gasteiger partial charge in [-0.1, -0.05) is 31.8 Å². The van der Waals surface area contributed by atoms with Crippen molar-refractivity contribution in [3.63, 3.8) is 0 Å². The van der Waals surface area contributed by atoms with Crippen LogP contribution >= 0.6 is 0 Å². The number of nitrogens with two attached hydrogens (primary N) is 1. The number of carbonyl (C=O) groups is 1. The van der Waals surface area contributed by atoms with Crippen molar-refractivity contribution in [2.75, 3.05) is 0 Å². The smallest absolute Gasteiger partial charge is 0.247 e. The number of carbonyl (C=O) groups excluding carboxylic acids is 1. The van der Waals surface area contributed by atoms with Gasteiger partial charge in [-0.2, -0.15) is 0 Å². The maximum Gasteiger partial charge on any atom is 0.247 e. The standard InChI is InChI=1S/C18H20N4O/c1-20-16(17(19)23)7-6-14-11-22-18-15(14)9-13(10-21-18)8-12-4-2-3-5-12/h7,9-12H,2-6,8H2,(H2,19,23)(H,21,22)/b16-7-. The van der Waals surface area contributed by atoms with Crippen molar-refractivity contribution in [1.29, 1.82) is 0 Å².